The van der Waals surface area contributed by atoms with Crippen molar-refractivity contribution in [3.63, 3.8) is 0 Å². The Morgan fingerprint density at radius 2 is 1.57 bits per heavy atom. The molecule has 7 nitrogen and oxygen atoms in total. The number of sulfonamides is 1. The monoisotopic (exact) mass is 603 g/mol. The first-order valence-electron chi connectivity index (χ1n) is 13.0. The Kier molecular flexibility index (Phi) is 10.6. The van der Waals surface area contributed by atoms with Crippen LogP contribution in [0, 0.1) is 13.8 Å². The number of aryl methyl sites for hydroxylation is 2. The number of carbonyl (C=O) groups excluding carboxylic acids is 2. The molecule has 10 heteroatoms. The van der Waals surface area contributed by atoms with E-state index in [1.165, 1.54) is 35.2 Å². The Labute approximate surface area is 247 Å². The summed E-state index contributed by atoms with van der Waals surface area (Å²) >= 11 is 12.4. The Morgan fingerprint density at radius 3 is 2.17 bits per heavy atom. The second-order valence-corrected chi connectivity index (χ2v) is 12.6. The number of hydrogen-bond donors (Lipinski definition) is 1. The zero-order valence-electron chi connectivity index (χ0n) is 23.3. The molecule has 0 aliphatic heterocycles. The van der Waals surface area contributed by atoms with Crippen molar-refractivity contribution in [2.24, 2.45) is 0 Å². The van der Waals surface area contributed by atoms with Gasteiger partial charge >= 0.3 is 0 Å². The first-order chi connectivity index (χ1) is 18.8. The number of nitrogens with one attached hydrogen (secondary N) is 1. The highest BCUT2D eigenvalue weighted by molar-refractivity contribution is 7.92. The van der Waals surface area contributed by atoms with E-state index in [0.717, 1.165) is 27.4 Å². The Hall–Kier alpha value is -3.07. The maximum atomic E-state index is 14.0. The second kappa shape index (κ2) is 13.5. The molecule has 0 aliphatic carbocycles. The van der Waals surface area contributed by atoms with Crippen LogP contribution in [-0.2, 0) is 26.2 Å². The minimum atomic E-state index is -4.19. The summed E-state index contributed by atoms with van der Waals surface area (Å²) in [7, 11) is -4.19. The lowest BCUT2D eigenvalue weighted by molar-refractivity contribution is -0.139. The number of nitrogens with zero attached hydrogens (tertiary/aromatic N) is 2. The molecule has 0 saturated carbocycles. The van der Waals surface area contributed by atoms with Gasteiger partial charge < -0.3 is 10.2 Å². The summed E-state index contributed by atoms with van der Waals surface area (Å²) in [6, 6.07) is 17.4. The third kappa shape index (κ3) is 7.77. The molecular formula is C30H35Cl2N3O4S. The van der Waals surface area contributed by atoms with Crippen molar-refractivity contribution < 1.29 is 18.0 Å². The van der Waals surface area contributed by atoms with Crippen molar-refractivity contribution >= 4 is 50.7 Å². The summed E-state index contributed by atoms with van der Waals surface area (Å²) in [6.07, 6.45) is 0.726. The number of anilines is 1. The topological polar surface area (TPSA) is 86.8 Å². The normalized spacial score (nSPS) is 12.9. The molecule has 2 amide bonds. The third-order valence-corrected chi connectivity index (χ3v) is 9.21. The van der Waals surface area contributed by atoms with Crippen LogP contribution in [0.4, 0.5) is 5.69 Å². The molecule has 0 aliphatic rings. The van der Waals surface area contributed by atoms with E-state index in [-0.39, 0.29) is 39.1 Å². The first-order valence-corrected chi connectivity index (χ1v) is 15.2. The molecule has 0 radical (unpaired) electrons. The van der Waals surface area contributed by atoms with Crippen LogP contribution in [0.3, 0.4) is 0 Å². The molecule has 2 atom stereocenters. The maximum absolute atomic E-state index is 14.0. The zero-order chi connectivity index (χ0) is 29.6. The number of hydrogen-bond acceptors (Lipinski definition) is 4. The van der Waals surface area contributed by atoms with Crippen LogP contribution in [0.25, 0.3) is 0 Å². The van der Waals surface area contributed by atoms with Gasteiger partial charge in [-0.05, 0) is 70.0 Å². The van der Waals surface area contributed by atoms with Crippen LogP contribution < -0.4 is 9.62 Å². The van der Waals surface area contributed by atoms with Crippen LogP contribution >= 0.6 is 23.2 Å². The van der Waals surface area contributed by atoms with Gasteiger partial charge in [-0.2, -0.15) is 0 Å². The molecule has 0 fully saturated rings. The molecule has 0 unspecified atom stereocenters. The van der Waals surface area contributed by atoms with E-state index in [0.29, 0.717) is 0 Å². The van der Waals surface area contributed by atoms with Gasteiger partial charge in [0.05, 0.1) is 20.6 Å². The van der Waals surface area contributed by atoms with Crippen LogP contribution in [0.2, 0.25) is 10.0 Å². The average molecular weight is 605 g/mol. The number of rotatable bonds is 11. The SMILES string of the molecule is CC[C@H](C)NC(=O)[C@@H](C)N(Cc1cccc(C)c1)C(=O)CN(c1ccc(Cl)c(Cl)c1)S(=O)(=O)c1ccc(C)cc1. The van der Waals surface area contributed by atoms with Crippen LogP contribution in [0.1, 0.15) is 43.9 Å². The molecular weight excluding hydrogens is 569 g/mol. The quantitative estimate of drug-likeness (QED) is 0.285. The van der Waals surface area contributed by atoms with Crippen LogP contribution in [0.5, 0.6) is 0 Å². The predicted octanol–water partition coefficient (Wildman–Crippen LogP) is 6.14. The smallest absolute Gasteiger partial charge is 0.264 e. The summed E-state index contributed by atoms with van der Waals surface area (Å²) in [6.45, 7) is 8.84. The highest BCUT2D eigenvalue weighted by atomic mass is 35.5. The van der Waals surface area contributed by atoms with Gasteiger partial charge in [0, 0.05) is 12.6 Å². The number of halogens is 2. The van der Waals surface area contributed by atoms with Crippen molar-refractivity contribution in [1.82, 2.24) is 10.2 Å². The van der Waals surface area contributed by atoms with Crippen molar-refractivity contribution in [1.29, 1.82) is 0 Å². The highest BCUT2D eigenvalue weighted by Gasteiger charge is 2.33. The van der Waals surface area contributed by atoms with Gasteiger partial charge in [0.2, 0.25) is 11.8 Å². The van der Waals surface area contributed by atoms with Gasteiger partial charge in [-0.1, -0.05) is 77.7 Å². The molecule has 0 aromatic heterocycles. The van der Waals surface area contributed by atoms with Crippen molar-refractivity contribution in [2.75, 3.05) is 10.8 Å². The van der Waals surface area contributed by atoms with Crippen molar-refractivity contribution in [3.8, 4) is 0 Å². The minimum Gasteiger partial charge on any atom is -0.352 e. The Morgan fingerprint density at radius 1 is 0.900 bits per heavy atom. The lowest BCUT2D eigenvalue weighted by atomic mass is 10.1. The van der Waals surface area contributed by atoms with E-state index in [1.54, 1.807) is 19.1 Å². The van der Waals surface area contributed by atoms with Gasteiger partial charge in [0.1, 0.15) is 12.6 Å². The molecule has 3 rings (SSSR count). The molecule has 3 aromatic rings. The fraction of sp³-hybridized carbons (Fsp3) is 0.333. The van der Waals surface area contributed by atoms with Gasteiger partial charge in [0.15, 0.2) is 0 Å². The zero-order valence-corrected chi connectivity index (χ0v) is 25.6. The van der Waals surface area contributed by atoms with Gasteiger partial charge in [-0.15, -0.1) is 0 Å². The summed E-state index contributed by atoms with van der Waals surface area (Å²) in [4.78, 5) is 28.5. The largest absolute Gasteiger partial charge is 0.352 e. The maximum Gasteiger partial charge on any atom is 0.264 e. The van der Waals surface area contributed by atoms with Crippen molar-refractivity contribution in [2.45, 2.75) is 64.6 Å². The summed E-state index contributed by atoms with van der Waals surface area (Å²) < 4.78 is 28.8. The number of carbonyl (C=O) groups is 2. The fourth-order valence-corrected chi connectivity index (χ4v) is 5.76. The second-order valence-electron chi connectivity index (χ2n) is 9.93. The predicted molar refractivity (Wildman–Crippen MR) is 161 cm³/mol. The molecule has 40 heavy (non-hydrogen) atoms. The molecule has 1 N–H and O–H groups in total. The molecule has 3 aromatic carbocycles. The Balaban J connectivity index is 2.05. The Bertz CT molecular complexity index is 1460. The molecule has 214 valence electrons. The van der Waals surface area contributed by atoms with E-state index in [9.17, 15) is 18.0 Å². The van der Waals surface area contributed by atoms with Gasteiger partial charge in [0.25, 0.3) is 10.0 Å². The van der Waals surface area contributed by atoms with Gasteiger partial charge in [-0.25, -0.2) is 8.42 Å². The van der Waals surface area contributed by atoms with Crippen molar-refractivity contribution in [3.05, 3.63) is 93.5 Å². The summed E-state index contributed by atoms with van der Waals surface area (Å²) in [5.74, 6) is -0.868. The fourth-order valence-electron chi connectivity index (χ4n) is 4.06. The first kappa shape index (κ1) is 31.5. The molecule has 0 bridgehead atoms. The van der Waals surface area contributed by atoms with E-state index in [1.807, 2.05) is 52.0 Å². The average Bonchev–Trinajstić information content (AvgIpc) is 2.91. The molecule has 0 spiro atoms. The van der Waals surface area contributed by atoms with Crippen LogP contribution in [0.15, 0.2) is 71.6 Å². The standard InChI is InChI=1S/C30H35Cl2N3O4S/c1-6-22(4)33-30(37)23(5)34(18-24-9-7-8-21(3)16-24)29(36)19-35(25-12-15-27(31)28(32)17-25)40(38,39)26-13-10-20(2)11-14-26/h7-17,22-23H,6,18-19H2,1-5H3,(H,33,37)/t22-,23+/m0/s1. The number of amides is 2. The minimum absolute atomic E-state index is 0.0183. The summed E-state index contributed by atoms with van der Waals surface area (Å²) in [5, 5.41) is 3.32. The van der Waals surface area contributed by atoms with E-state index in [4.69, 9.17) is 23.2 Å². The van der Waals surface area contributed by atoms with E-state index in [2.05, 4.69) is 5.32 Å². The van der Waals surface area contributed by atoms with Crippen LogP contribution in [-0.4, -0.2) is 43.8 Å². The summed E-state index contributed by atoms with van der Waals surface area (Å²) in [5.41, 5.74) is 2.89. The van der Waals surface area contributed by atoms with E-state index >= 15 is 0 Å². The number of benzene rings is 3. The van der Waals surface area contributed by atoms with Gasteiger partial charge in [-0.3, -0.25) is 13.9 Å². The molecule has 0 heterocycles. The molecule has 0 saturated heterocycles. The third-order valence-electron chi connectivity index (χ3n) is 6.68. The van der Waals surface area contributed by atoms with E-state index < -0.39 is 28.5 Å². The lowest BCUT2D eigenvalue weighted by Gasteiger charge is -2.32. The lowest BCUT2D eigenvalue weighted by Crippen LogP contribution is -2.52. The highest BCUT2D eigenvalue weighted by Crippen LogP contribution is 2.31.